The molecular formula is C15H24N2O4. The number of rotatable bonds is 9. The zero-order valence-electron chi connectivity index (χ0n) is 12.9. The van der Waals surface area contributed by atoms with Gasteiger partial charge in [0.05, 0.1) is 10.5 Å². The van der Waals surface area contributed by atoms with Crippen LogP contribution in [0.25, 0.3) is 0 Å². The van der Waals surface area contributed by atoms with Crippen LogP contribution >= 0.6 is 0 Å². The average Bonchev–Trinajstić information content (AvgIpc) is 2.50. The topological polar surface area (TPSA) is 84.6 Å². The molecule has 0 unspecified atom stereocenters. The second-order valence-corrected chi connectivity index (χ2v) is 5.06. The van der Waals surface area contributed by atoms with Gasteiger partial charge in [-0.1, -0.05) is 26.8 Å². The number of hydrogen-bond acceptors (Lipinski definition) is 5. The second kappa shape index (κ2) is 7.95. The van der Waals surface area contributed by atoms with Crippen LogP contribution in [0.3, 0.4) is 0 Å². The highest BCUT2D eigenvalue weighted by Crippen LogP contribution is 2.29. The van der Waals surface area contributed by atoms with Gasteiger partial charge >= 0.3 is 5.69 Å². The Bertz CT molecular complexity index is 473. The Morgan fingerprint density at radius 3 is 2.52 bits per heavy atom. The van der Waals surface area contributed by atoms with Gasteiger partial charge in [0.25, 0.3) is 0 Å². The first-order chi connectivity index (χ1) is 9.95. The van der Waals surface area contributed by atoms with Gasteiger partial charge in [-0.25, -0.2) is 0 Å². The van der Waals surface area contributed by atoms with Gasteiger partial charge < -0.3 is 15.2 Å². The molecule has 1 aromatic rings. The van der Waals surface area contributed by atoms with E-state index in [9.17, 15) is 15.2 Å². The molecule has 1 aromatic carbocycles. The van der Waals surface area contributed by atoms with E-state index in [2.05, 4.69) is 5.32 Å². The summed E-state index contributed by atoms with van der Waals surface area (Å²) in [5.41, 5.74) is -0.121. The largest absolute Gasteiger partial charge is 0.484 e. The molecule has 2 N–H and O–H groups in total. The number of aliphatic hydroxyl groups is 1. The molecule has 0 amide bonds. The Labute approximate surface area is 125 Å². The molecule has 118 valence electrons. The monoisotopic (exact) mass is 296 g/mol. The first-order valence-corrected chi connectivity index (χ1v) is 7.29. The molecule has 0 aliphatic heterocycles. The third-order valence-electron chi connectivity index (χ3n) is 3.61. The van der Waals surface area contributed by atoms with Crippen LogP contribution in [0.4, 0.5) is 5.69 Å². The van der Waals surface area contributed by atoms with Gasteiger partial charge in [-0.05, 0) is 31.0 Å². The summed E-state index contributed by atoms with van der Waals surface area (Å²) in [7, 11) is 0. The van der Waals surface area contributed by atoms with E-state index < -0.39 is 10.5 Å². The van der Waals surface area contributed by atoms with Crippen LogP contribution in [-0.4, -0.2) is 28.8 Å². The number of nitro benzene ring substituents is 1. The van der Waals surface area contributed by atoms with E-state index in [-0.39, 0.29) is 18.0 Å². The molecule has 0 spiro atoms. The molecule has 0 saturated carbocycles. The molecule has 0 aliphatic carbocycles. The van der Waals surface area contributed by atoms with Crippen molar-refractivity contribution in [2.24, 2.45) is 0 Å². The molecule has 0 bridgehead atoms. The lowest BCUT2D eigenvalue weighted by atomic mass is 9.99. The van der Waals surface area contributed by atoms with Crippen LogP contribution in [0.15, 0.2) is 18.2 Å². The van der Waals surface area contributed by atoms with Crippen molar-refractivity contribution in [2.75, 3.05) is 13.2 Å². The lowest BCUT2D eigenvalue weighted by Crippen LogP contribution is -2.34. The van der Waals surface area contributed by atoms with Crippen LogP contribution in [0.5, 0.6) is 5.75 Å². The number of ether oxygens (including phenoxy) is 1. The fourth-order valence-electron chi connectivity index (χ4n) is 1.87. The van der Waals surface area contributed by atoms with Crippen LogP contribution in [0.1, 0.15) is 39.2 Å². The van der Waals surface area contributed by atoms with Gasteiger partial charge in [0.2, 0.25) is 0 Å². The maximum absolute atomic E-state index is 11.1. The van der Waals surface area contributed by atoms with Crippen molar-refractivity contribution in [1.29, 1.82) is 0 Å². The standard InChI is InChI=1S/C15H24N2O4/c1-4-15(18,5-2)11-21-14-9-12(10-16-6-3)7-8-13(14)17(19)20/h7-9,16,18H,4-6,10-11H2,1-3H3. The Balaban J connectivity index is 2.93. The summed E-state index contributed by atoms with van der Waals surface area (Å²) in [6, 6.07) is 4.81. The predicted molar refractivity (Wildman–Crippen MR) is 81.5 cm³/mol. The number of nitro groups is 1. The van der Waals surface area contributed by atoms with Crippen molar-refractivity contribution < 1.29 is 14.8 Å². The quantitative estimate of drug-likeness (QED) is 0.540. The summed E-state index contributed by atoms with van der Waals surface area (Å²) in [4.78, 5) is 10.6. The molecular weight excluding hydrogens is 272 g/mol. The smallest absolute Gasteiger partial charge is 0.310 e. The maximum Gasteiger partial charge on any atom is 0.310 e. The highest BCUT2D eigenvalue weighted by Gasteiger charge is 2.25. The minimum Gasteiger partial charge on any atom is -0.484 e. The van der Waals surface area contributed by atoms with E-state index in [4.69, 9.17) is 4.74 Å². The van der Waals surface area contributed by atoms with E-state index in [1.165, 1.54) is 6.07 Å². The Morgan fingerprint density at radius 1 is 1.33 bits per heavy atom. The van der Waals surface area contributed by atoms with Crippen molar-refractivity contribution in [3.8, 4) is 5.75 Å². The van der Waals surface area contributed by atoms with Gasteiger partial charge in [0, 0.05) is 12.6 Å². The highest BCUT2D eigenvalue weighted by molar-refractivity contribution is 5.48. The fourth-order valence-corrected chi connectivity index (χ4v) is 1.87. The zero-order valence-corrected chi connectivity index (χ0v) is 12.9. The van der Waals surface area contributed by atoms with E-state index >= 15 is 0 Å². The third-order valence-corrected chi connectivity index (χ3v) is 3.61. The predicted octanol–water partition coefficient (Wildman–Crippen LogP) is 2.63. The van der Waals surface area contributed by atoms with Gasteiger partial charge in [-0.15, -0.1) is 0 Å². The summed E-state index contributed by atoms with van der Waals surface area (Å²) in [6.45, 7) is 7.21. The van der Waals surface area contributed by atoms with Crippen molar-refractivity contribution in [1.82, 2.24) is 5.32 Å². The van der Waals surface area contributed by atoms with Crippen molar-refractivity contribution in [3.05, 3.63) is 33.9 Å². The van der Waals surface area contributed by atoms with Crippen LogP contribution in [-0.2, 0) is 6.54 Å². The molecule has 6 nitrogen and oxygen atoms in total. The van der Waals surface area contributed by atoms with Gasteiger partial charge in [0.1, 0.15) is 6.61 Å². The molecule has 0 aliphatic rings. The number of benzene rings is 1. The molecule has 1 rings (SSSR count). The van der Waals surface area contributed by atoms with Crippen molar-refractivity contribution in [2.45, 2.75) is 45.8 Å². The number of nitrogens with one attached hydrogen (secondary N) is 1. The van der Waals surface area contributed by atoms with Gasteiger partial charge in [0.15, 0.2) is 5.75 Å². The average molecular weight is 296 g/mol. The maximum atomic E-state index is 11.1. The number of hydrogen-bond donors (Lipinski definition) is 2. The first kappa shape index (κ1) is 17.4. The van der Waals surface area contributed by atoms with E-state index in [0.29, 0.717) is 19.4 Å². The molecule has 0 atom stereocenters. The fraction of sp³-hybridized carbons (Fsp3) is 0.600. The molecule has 0 saturated heterocycles. The van der Waals surface area contributed by atoms with Crippen molar-refractivity contribution in [3.63, 3.8) is 0 Å². The van der Waals surface area contributed by atoms with E-state index in [0.717, 1.165) is 12.1 Å². The van der Waals surface area contributed by atoms with E-state index in [1.807, 2.05) is 20.8 Å². The SMILES string of the molecule is CCNCc1ccc([N+](=O)[O-])c(OCC(O)(CC)CC)c1. The van der Waals surface area contributed by atoms with Crippen LogP contribution in [0, 0.1) is 10.1 Å². The lowest BCUT2D eigenvalue weighted by molar-refractivity contribution is -0.386. The number of nitrogens with zero attached hydrogens (tertiary/aromatic N) is 1. The van der Waals surface area contributed by atoms with Gasteiger partial charge in [-0.3, -0.25) is 10.1 Å². The van der Waals surface area contributed by atoms with Crippen LogP contribution < -0.4 is 10.1 Å². The molecule has 0 fully saturated rings. The molecule has 0 radical (unpaired) electrons. The minimum absolute atomic E-state index is 0.0471. The Morgan fingerprint density at radius 2 is 2.00 bits per heavy atom. The molecule has 0 aromatic heterocycles. The summed E-state index contributed by atoms with van der Waals surface area (Å²) in [6.07, 6.45) is 1.07. The van der Waals surface area contributed by atoms with Crippen molar-refractivity contribution >= 4 is 5.69 Å². The summed E-state index contributed by atoms with van der Waals surface area (Å²) >= 11 is 0. The lowest BCUT2D eigenvalue weighted by Gasteiger charge is -2.25. The van der Waals surface area contributed by atoms with E-state index in [1.54, 1.807) is 12.1 Å². The van der Waals surface area contributed by atoms with Gasteiger partial charge in [-0.2, -0.15) is 0 Å². The molecule has 6 heteroatoms. The molecule has 0 heterocycles. The Hall–Kier alpha value is -1.66. The normalized spacial score (nSPS) is 11.4. The molecule has 21 heavy (non-hydrogen) atoms. The third kappa shape index (κ3) is 4.99. The Kier molecular flexibility index (Phi) is 6.58. The highest BCUT2D eigenvalue weighted by atomic mass is 16.6. The minimum atomic E-state index is -0.953. The first-order valence-electron chi connectivity index (χ1n) is 7.29. The summed E-state index contributed by atoms with van der Waals surface area (Å²) < 4.78 is 5.55. The second-order valence-electron chi connectivity index (χ2n) is 5.06. The zero-order chi connectivity index (χ0) is 15.9. The summed E-state index contributed by atoms with van der Waals surface area (Å²) in [5.74, 6) is 0.204. The van der Waals surface area contributed by atoms with Crippen LogP contribution in [0.2, 0.25) is 0 Å². The summed E-state index contributed by atoms with van der Waals surface area (Å²) in [5, 5.41) is 24.4.